The number of aliphatic hydroxyl groups is 1. The first kappa shape index (κ1) is 13.0. The fourth-order valence-corrected chi connectivity index (χ4v) is 1.74. The van der Waals surface area contributed by atoms with Gasteiger partial charge in [-0.3, -0.25) is 0 Å². The Labute approximate surface area is 98.3 Å². The minimum atomic E-state index is -0.357. The normalized spacial score (nSPS) is 12.6. The third kappa shape index (κ3) is 3.24. The standard InChI is InChI=1S/C14H22O2/c1-5-6-13(15)9-16-14-11(3)8-7-10(2)12(14)4/h7-8,13,15H,5-6,9H2,1-4H3. The zero-order valence-corrected chi connectivity index (χ0v) is 10.7. The molecule has 2 nitrogen and oxygen atoms in total. The van der Waals surface area contributed by atoms with Gasteiger partial charge in [0, 0.05) is 0 Å². The van der Waals surface area contributed by atoms with Crippen molar-refractivity contribution in [2.75, 3.05) is 6.61 Å². The molecular weight excluding hydrogens is 200 g/mol. The lowest BCUT2D eigenvalue weighted by molar-refractivity contribution is 0.0986. The lowest BCUT2D eigenvalue weighted by Gasteiger charge is -2.16. The molecule has 16 heavy (non-hydrogen) atoms. The Balaban J connectivity index is 2.70. The highest BCUT2D eigenvalue weighted by molar-refractivity contribution is 5.44. The maximum Gasteiger partial charge on any atom is 0.125 e. The average molecular weight is 222 g/mol. The van der Waals surface area contributed by atoms with E-state index in [1.54, 1.807) is 0 Å². The van der Waals surface area contributed by atoms with Crippen LogP contribution in [-0.4, -0.2) is 17.8 Å². The number of aryl methyl sites for hydroxylation is 2. The van der Waals surface area contributed by atoms with Crippen LogP contribution >= 0.6 is 0 Å². The Kier molecular flexibility index (Phi) is 4.81. The largest absolute Gasteiger partial charge is 0.490 e. The van der Waals surface area contributed by atoms with Crippen molar-refractivity contribution in [3.63, 3.8) is 0 Å². The molecule has 0 heterocycles. The van der Waals surface area contributed by atoms with Crippen molar-refractivity contribution in [1.29, 1.82) is 0 Å². The number of hydrogen-bond acceptors (Lipinski definition) is 2. The minimum Gasteiger partial charge on any atom is -0.490 e. The summed E-state index contributed by atoms with van der Waals surface area (Å²) in [5.41, 5.74) is 3.53. The summed E-state index contributed by atoms with van der Waals surface area (Å²) in [5, 5.41) is 9.64. The van der Waals surface area contributed by atoms with Crippen molar-refractivity contribution >= 4 is 0 Å². The Morgan fingerprint density at radius 1 is 1.19 bits per heavy atom. The zero-order chi connectivity index (χ0) is 12.1. The lowest BCUT2D eigenvalue weighted by atomic mass is 10.1. The van der Waals surface area contributed by atoms with Crippen molar-refractivity contribution in [3.05, 3.63) is 28.8 Å². The fraction of sp³-hybridized carbons (Fsp3) is 0.571. The first-order valence-electron chi connectivity index (χ1n) is 5.94. The van der Waals surface area contributed by atoms with E-state index in [-0.39, 0.29) is 6.10 Å². The second-order valence-electron chi connectivity index (χ2n) is 4.41. The summed E-state index contributed by atoms with van der Waals surface area (Å²) < 4.78 is 5.71. The molecule has 0 aromatic heterocycles. The number of benzene rings is 1. The summed E-state index contributed by atoms with van der Waals surface area (Å²) in [6.45, 7) is 8.62. The quantitative estimate of drug-likeness (QED) is 0.829. The molecule has 1 unspecified atom stereocenters. The molecule has 1 aromatic carbocycles. The summed E-state index contributed by atoms with van der Waals surface area (Å²) in [4.78, 5) is 0. The Morgan fingerprint density at radius 2 is 1.81 bits per heavy atom. The van der Waals surface area contributed by atoms with Gasteiger partial charge in [-0.15, -0.1) is 0 Å². The van der Waals surface area contributed by atoms with Crippen LogP contribution in [0.2, 0.25) is 0 Å². The molecule has 1 atom stereocenters. The van der Waals surface area contributed by atoms with Gasteiger partial charge < -0.3 is 9.84 Å². The van der Waals surface area contributed by atoms with Crippen molar-refractivity contribution < 1.29 is 9.84 Å². The summed E-state index contributed by atoms with van der Waals surface area (Å²) >= 11 is 0. The van der Waals surface area contributed by atoms with Gasteiger partial charge in [0.15, 0.2) is 0 Å². The van der Waals surface area contributed by atoms with E-state index in [2.05, 4.69) is 32.9 Å². The maximum atomic E-state index is 9.64. The molecule has 0 saturated heterocycles. The van der Waals surface area contributed by atoms with Gasteiger partial charge in [0.05, 0.1) is 6.10 Å². The zero-order valence-electron chi connectivity index (χ0n) is 10.7. The third-order valence-corrected chi connectivity index (χ3v) is 2.92. The summed E-state index contributed by atoms with van der Waals surface area (Å²) in [7, 11) is 0. The monoisotopic (exact) mass is 222 g/mol. The van der Waals surface area contributed by atoms with E-state index in [0.717, 1.165) is 24.2 Å². The van der Waals surface area contributed by atoms with Crippen molar-refractivity contribution in [2.45, 2.75) is 46.6 Å². The van der Waals surface area contributed by atoms with Gasteiger partial charge in [-0.1, -0.05) is 25.5 Å². The van der Waals surface area contributed by atoms with E-state index in [9.17, 15) is 5.11 Å². The maximum absolute atomic E-state index is 9.64. The number of hydrogen-bond donors (Lipinski definition) is 1. The molecule has 0 fully saturated rings. The van der Waals surface area contributed by atoms with Gasteiger partial charge in [0.25, 0.3) is 0 Å². The van der Waals surface area contributed by atoms with E-state index in [1.807, 2.05) is 6.92 Å². The Morgan fingerprint density at radius 3 is 2.44 bits per heavy atom. The minimum absolute atomic E-state index is 0.357. The van der Waals surface area contributed by atoms with Crippen molar-refractivity contribution in [2.24, 2.45) is 0 Å². The third-order valence-electron chi connectivity index (χ3n) is 2.92. The molecule has 0 saturated carbocycles. The first-order valence-corrected chi connectivity index (χ1v) is 5.94. The molecule has 0 amide bonds. The van der Waals surface area contributed by atoms with E-state index >= 15 is 0 Å². The summed E-state index contributed by atoms with van der Waals surface area (Å²) in [5.74, 6) is 0.926. The van der Waals surface area contributed by atoms with Crippen LogP contribution in [0, 0.1) is 20.8 Å². The smallest absolute Gasteiger partial charge is 0.125 e. The van der Waals surface area contributed by atoms with Crippen LogP contribution in [0.1, 0.15) is 36.5 Å². The number of aliphatic hydroxyl groups excluding tert-OH is 1. The number of rotatable bonds is 5. The molecule has 0 spiro atoms. The average Bonchev–Trinajstić information content (AvgIpc) is 2.24. The van der Waals surface area contributed by atoms with E-state index in [4.69, 9.17) is 4.74 Å². The van der Waals surface area contributed by atoms with E-state index < -0.39 is 0 Å². The molecule has 0 aliphatic heterocycles. The molecule has 0 radical (unpaired) electrons. The van der Waals surface area contributed by atoms with Crippen LogP contribution in [0.4, 0.5) is 0 Å². The first-order chi connectivity index (χ1) is 7.56. The van der Waals surface area contributed by atoms with Crippen LogP contribution < -0.4 is 4.74 Å². The molecule has 0 bridgehead atoms. The van der Waals surface area contributed by atoms with E-state index in [0.29, 0.717) is 6.61 Å². The molecule has 1 N–H and O–H groups in total. The Bertz CT molecular complexity index is 345. The molecular formula is C14H22O2. The SMILES string of the molecule is CCCC(O)COc1c(C)ccc(C)c1C. The van der Waals surface area contributed by atoms with Gasteiger partial charge in [-0.05, 0) is 43.9 Å². The lowest BCUT2D eigenvalue weighted by Crippen LogP contribution is -2.17. The second kappa shape index (κ2) is 5.90. The predicted octanol–water partition coefficient (Wildman–Crippen LogP) is 3.15. The molecule has 2 heteroatoms. The van der Waals surface area contributed by atoms with Crippen molar-refractivity contribution in [1.82, 2.24) is 0 Å². The van der Waals surface area contributed by atoms with Crippen LogP contribution in [0.25, 0.3) is 0 Å². The van der Waals surface area contributed by atoms with Crippen LogP contribution in [-0.2, 0) is 0 Å². The highest BCUT2D eigenvalue weighted by Crippen LogP contribution is 2.25. The van der Waals surface area contributed by atoms with Crippen LogP contribution in [0.3, 0.4) is 0 Å². The molecule has 0 aliphatic carbocycles. The highest BCUT2D eigenvalue weighted by Gasteiger charge is 2.09. The number of ether oxygens (including phenoxy) is 1. The predicted molar refractivity (Wildman–Crippen MR) is 67.1 cm³/mol. The molecule has 0 aliphatic rings. The highest BCUT2D eigenvalue weighted by atomic mass is 16.5. The molecule has 1 aromatic rings. The van der Waals surface area contributed by atoms with Gasteiger partial charge in [-0.2, -0.15) is 0 Å². The van der Waals surface area contributed by atoms with Gasteiger partial charge >= 0.3 is 0 Å². The summed E-state index contributed by atoms with van der Waals surface area (Å²) in [6.07, 6.45) is 1.42. The summed E-state index contributed by atoms with van der Waals surface area (Å²) in [6, 6.07) is 4.16. The van der Waals surface area contributed by atoms with Gasteiger partial charge in [0.2, 0.25) is 0 Å². The van der Waals surface area contributed by atoms with Crippen LogP contribution in [0.5, 0.6) is 5.75 Å². The van der Waals surface area contributed by atoms with Gasteiger partial charge in [-0.25, -0.2) is 0 Å². The molecule has 1 rings (SSSR count). The van der Waals surface area contributed by atoms with Gasteiger partial charge in [0.1, 0.15) is 12.4 Å². The van der Waals surface area contributed by atoms with Crippen molar-refractivity contribution in [3.8, 4) is 5.75 Å². The molecule has 90 valence electrons. The fourth-order valence-electron chi connectivity index (χ4n) is 1.74. The second-order valence-corrected chi connectivity index (χ2v) is 4.41. The topological polar surface area (TPSA) is 29.5 Å². The Hall–Kier alpha value is -1.02. The van der Waals surface area contributed by atoms with Crippen LogP contribution in [0.15, 0.2) is 12.1 Å². The van der Waals surface area contributed by atoms with E-state index in [1.165, 1.54) is 11.1 Å².